The molecule has 0 aliphatic rings. The van der Waals surface area contributed by atoms with Crippen LogP contribution >= 0.6 is 11.8 Å². The van der Waals surface area contributed by atoms with Gasteiger partial charge in [0.15, 0.2) is 5.58 Å². The maximum Gasteiger partial charge on any atom is 0.316 e. The summed E-state index contributed by atoms with van der Waals surface area (Å²) in [6, 6.07) is 15.8. The zero-order chi connectivity index (χ0) is 19.2. The van der Waals surface area contributed by atoms with E-state index < -0.39 is 11.2 Å². The van der Waals surface area contributed by atoms with Crippen LogP contribution in [0.5, 0.6) is 5.75 Å². The number of oxazole rings is 1. The van der Waals surface area contributed by atoms with Gasteiger partial charge >= 0.3 is 5.97 Å². The minimum atomic E-state index is -0.787. The Morgan fingerprint density at radius 3 is 2.67 bits per heavy atom. The fourth-order valence-corrected chi connectivity index (χ4v) is 3.19. The maximum atomic E-state index is 11.1. The number of ether oxygens (including phenoxy) is 1. The molecule has 6 nitrogen and oxygen atoms in total. The van der Waals surface area contributed by atoms with Gasteiger partial charge in [0, 0.05) is 7.05 Å². The Kier molecular flexibility index (Phi) is 6.24. The van der Waals surface area contributed by atoms with Crippen LogP contribution in [0.15, 0.2) is 52.9 Å². The Bertz CT molecular complexity index is 861. The van der Waals surface area contributed by atoms with E-state index in [1.165, 1.54) is 11.8 Å². The second-order valence-electron chi connectivity index (χ2n) is 6.14. The summed E-state index contributed by atoms with van der Waals surface area (Å²) in [4.78, 5) is 17.5. The predicted molar refractivity (Wildman–Crippen MR) is 108 cm³/mol. The van der Waals surface area contributed by atoms with E-state index in [4.69, 9.17) is 14.3 Å². The lowest BCUT2D eigenvalue weighted by Gasteiger charge is -2.15. The first-order valence-corrected chi connectivity index (χ1v) is 9.89. The summed E-state index contributed by atoms with van der Waals surface area (Å²) in [7, 11) is 1.91. The van der Waals surface area contributed by atoms with E-state index in [0.717, 1.165) is 22.4 Å². The fraction of sp³-hybridized carbons (Fsp3) is 0.300. The van der Waals surface area contributed by atoms with Crippen LogP contribution in [0.2, 0.25) is 0 Å². The molecule has 3 rings (SSSR count). The fourth-order valence-electron chi connectivity index (χ4n) is 2.63. The Morgan fingerprint density at radius 1 is 1.26 bits per heavy atom. The highest BCUT2D eigenvalue weighted by atomic mass is 32.2. The third-order valence-electron chi connectivity index (χ3n) is 4.21. The summed E-state index contributed by atoms with van der Waals surface area (Å²) >= 11 is 1.34. The molecule has 0 fully saturated rings. The van der Waals surface area contributed by atoms with Gasteiger partial charge in [0.2, 0.25) is 0 Å². The highest BCUT2D eigenvalue weighted by Gasteiger charge is 2.16. The molecule has 0 radical (unpaired) electrons. The van der Waals surface area contributed by atoms with Gasteiger partial charge in [-0.05, 0) is 42.5 Å². The Balaban J connectivity index is 1.50. The minimum Gasteiger partial charge on any atom is -0.492 e. The number of nitrogens with zero attached hydrogens (tertiary/aromatic N) is 2. The molecule has 0 bridgehead atoms. The zero-order valence-corrected chi connectivity index (χ0v) is 16.1. The van der Waals surface area contributed by atoms with Crippen LogP contribution in [0, 0.1) is 0 Å². The van der Waals surface area contributed by atoms with Crippen molar-refractivity contribution < 1.29 is 19.1 Å². The van der Waals surface area contributed by atoms with Crippen molar-refractivity contribution in [2.24, 2.45) is 0 Å². The minimum absolute atomic E-state index is 0.429. The van der Waals surface area contributed by atoms with E-state index in [2.05, 4.69) is 4.98 Å². The highest BCUT2D eigenvalue weighted by molar-refractivity contribution is 7.99. The second-order valence-corrected chi connectivity index (χ2v) is 7.19. The summed E-state index contributed by atoms with van der Waals surface area (Å²) in [5, 5.41) is 8.71. The lowest BCUT2D eigenvalue weighted by molar-refractivity contribution is -0.136. The molecule has 0 saturated heterocycles. The molecule has 1 atom stereocenters. The molecule has 2 aromatic carbocycles. The van der Waals surface area contributed by atoms with Gasteiger partial charge in [-0.25, -0.2) is 0 Å². The third-order valence-corrected chi connectivity index (χ3v) is 5.15. The zero-order valence-electron chi connectivity index (χ0n) is 15.3. The molecule has 1 N–H and O–H groups in total. The van der Waals surface area contributed by atoms with Gasteiger partial charge in [0.25, 0.3) is 6.01 Å². The van der Waals surface area contributed by atoms with Crippen molar-refractivity contribution in [1.82, 2.24) is 4.98 Å². The van der Waals surface area contributed by atoms with Crippen LogP contribution < -0.4 is 9.64 Å². The molecule has 142 valence electrons. The quantitative estimate of drug-likeness (QED) is 0.601. The standard InChI is InChI=1S/C20H22N2O4S/c1-22(20-21-16-5-3-4-6-17(16)26-20)11-12-25-15-9-7-14(8-10-15)13-18(27-2)19(23)24/h3-10,18H,11-13H2,1-2H3,(H,23,24). The van der Waals surface area contributed by atoms with Gasteiger partial charge in [-0.2, -0.15) is 4.98 Å². The monoisotopic (exact) mass is 386 g/mol. The number of rotatable bonds is 9. The first-order valence-electron chi connectivity index (χ1n) is 8.61. The third kappa shape index (κ3) is 4.95. The number of carboxylic acids is 1. The first-order chi connectivity index (χ1) is 13.1. The molecule has 0 spiro atoms. The van der Waals surface area contributed by atoms with Gasteiger partial charge in [-0.3, -0.25) is 4.79 Å². The van der Waals surface area contributed by atoms with Crippen molar-refractivity contribution in [3.63, 3.8) is 0 Å². The Labute approximate surface area is 162 Å². The lowest BCUT2D eigenvalue weighted by atomic mass is 10.1. The largest absolute Gasteiger partial charge is 0.492 e. The van der Waals surface area contributed by atoms with Gasteiger partial charge in [0.1, 0.15) is 23.1 Å². The number of para-hydroxylation sites is 2. The SMILES string of the molecule is CSC(Cc1ccc(OCCN(C)c2nc3ccccc3o2)cc1)C(=O)O. The smallest absolute Gasteiger partial charge is 0.316 e. The number of fused-ring (bicyclic) bond motifs is 1. The number of anilines is 1. The molecule has 1 unspecified atom stereocenters. The second kappa shape index (κ2) is 8.81. The van der Waals surface area contributed by atoms with E-state index >= 15 is 0 Å². The Morgan fingerprint density at radius 2 is 2.00 bits per heavy atom. The number of hydrogen-bond acceptors (Lipinski definition) is 6. The first kappa shape index (κ1) is 19.1. The normalized spacial score (nSPS) is 12.1. The van der Waals surface area contributed by atoms with Crippen LogP contribution in [0.1, 0.15) is 5.56 Å². The van der Waals surface area contributed by atoms with Crippen molar-refractivity contribution in [3.8, 4) is 5.75 Å². The summed E-state index contributed by atoms with van der Waals surface area (Å²) in [6.45, 7) is 1.11. The van der Waals surface area contributed by atoms with Crippen molar-refractivity contribution >= 4 is 34.8 Å². The van der Waals surface area contributed by atoms with Crippen molar-refractivity contribution in [1.29, 1.82) is 0 Å². The van der Waals surface area contributed by atoms with Crippen LogP contribution in [-0.4, -0.2) is 47.8 Å². The number of benzene rings is 2. The summed E-state index contributed by atoms with van der Waals surface area (Å²) < 4.78 is 11.5. The van der Waals surface area contributed by atoms with Crippen molar-refractivity contribution in [2.45, 2.75) is 11.7 Å². The topological polar surface area (TPSA) is 75.8 Å². The summed E-state index contributed by atoms with van der Waals surface area (Å²) in [5.41, 5.74) is 2.58. The molecule has 0 saturated carbocycles. The molecule has 0 amide bonds. The molecule has 1 aromatic heterocycles. The summed E-state index contributed by atoms with van der Waals surface area (Å²) in [6.07, 6.45) is 2.31. The molecule has 27 heavy (non-hydrogen) atoms. The summed E-state index contributed by atoms with van der Waals surface area (Å²) in [5.74, 6) is -0.0363. The predicted octanol–water partition coefficient (Wildman–Crippen LogP) is 3.70. The Hall–Kier alpha value is -2.67. The maximum absolute atomic E-state index is 11.1. The van der Waals surface area contributed by atoms with Gasteiger partial charge in [0.05, 0.1) is 6.54 Å². The van der Waals surface area contributed by atoms with Crippen molar-refractivity contribution in [2.75, 3.05) is 31.4 Å². The molecular weight excluding hydrogens is 364 g/mol. The number of aliphatic carboxylic acids is 1. The number of aromatic nitrogens is 1. The molecule has 0 aliphatic carbocycles. The number of carbonyl (C=O) groups is 1. The van der Waals surface area contributed by atoms with Crippen LogP contribution in [-0.2, 0) is 11.2 Å². The molecule has 0 aliphatic heterocycles. The van der Waals surface area contributed by atoms with E-state index in [0.29, 0.717) is 25.6 Å². The lowest BCUT2D eigenvalue weighted by Crippen LogP contribution is -2.24. The molecular formula is C20H22N2O4S. The number of thioether (sulfide) groups is 1. The van der Waals surface area contributed by atoms with Crippen LogP contribution in [0.25, 0.3) is 11.1 Å². The van der Waals surface area contributed by atoms with Crippen molar-refractivity contribution in [3.05, 3.63) is 54.1 Å². The average molecular weight is 386 g/mol. The van der Waals surface area contributed by atoms with Crippen LogP contribution in [0.3, 0.4) is 0 Å². The average Bonchev–Trinajstić information content (AvgIpc) is 3.11. The van der Waals surface area contributed by atoms with Gasteiger partial charge in [-0.1, -0.05) is 24.3 Å². The molecule has 7 heteroatoms. The van der Waals surface area contributed by atoms with E-state index in [-0.39, 0.29) is 0 Å². The van der Waals surface area contributed by atoms with E-state index in [1.54, 1.807) is 0 Å². The van der Waals surface area contributed by atoms with Gasteiger partial charge < -0.3 is 19.2 Å². The molecule has 3 aromatic rings. The van der Waals surface area contributed by atoms with Gasteiger partial charge in [-0.15, -0.1) is 11.8 Å². The van der Waals surface area contributed by atoms with Crippen LogP contribution in [0.4, 0.5) is 6.01 Å². The number of likely N-dealkylation sites (N-methyl/N-ethyl adjacent to an activating group) is 1. The highest BCUT2D eigenvalue weighted by Crippen LogP contribution is 2.21. The number of carboxylic acid groups (broad SMARTS) is 1. The van der Waals surface area contributed by atoms with E-state index in [9.17, 15) is 4.79 Å². The number of hydrogen-bond donors (Lipinski definition) is 1. The van der Waals surface area contributed by atoms with E-state index in [1.807, 2.05) is 66.7 Å². The molecule has 1 heterocycles.